The summed E-state index contributed by atoms with van der Waals surface area (Å²) >= 11 is 1.40. The molecule has 156 valence electrons. The average molecular weight is 418 g/mol. The second-order valence-electron chi connectivity index (χ2n) is 7.25. The number of hydrogen-bond donors (Lipinski definition) is 1. The minimum Gasteiger partial charge on any atom is -0.488 e. The number of thioether (sulfide) groups is 1. The zero-order valence-electron chi connectivity index (χ0n) is 17.1. The summed E-state index contributed by atoms with van der Waals surface area (Å²) in [6, 6.07) is 16.6. The molecular formula is C22H27NO5S. The third-order valence-electron chi connectivity index (χ3n) is 3.67. The van der Waals surface area contributed by atoms with E-state index in [1.807, 2.05) is 54.6 Å². The monoisotopic (exact) mass is 417 g/mol. The van der Waals surface area contributed by atoms with E-state index < -0.39 is 23.7 Å². The van der Waals surface area contributed by atoms with Gasteiger partial charge in [0, 0.05) is 10.6 Å². The standard InChI is InChI=1S/C22H27NO5S/c1-22(2,3)28-21(25)23-17(20(24)26-4)15-29-19-13-9-8-12-18(19)27-14-16-10-6-5-7-11-16/h5-13,17H,14-15H2,1-4H3,(H,23,25)/t17-/m1/s1. The van der Waals surface area contributed by atoms with Crippen LogP contribution in [-0.4, -0.2) is 36.6 Å². The van der Waals surface area contributed by atoms with Gasteiger partial charge in [0.05, 0.1) is 7.11 Å². The highest BCUT2D eigenvalue weighted by Gasteiger charge is 2.25. The highest BCUT2D eigenvalue weighted by molar-refractivity contribution is 7.99. The summed E-state index contributed by atoms with van der Waals surface area (Å²) in [6.07, 6.45) is -0.665. The summed E-state index contributed by atoms with van der Waals surface area (Å²) in [5.41, 5.74) is 0.404. The fourth-order valence-corrected chi connectivity index (χ4v) is 3.37. The van der Waals surface area contributed by atoms with Gasteiger partial charge >= 0.3 is 12.1 Å². The molecule has 0 saturated heterocycles. The molecule has 2 aromatic carbocycles. The van der Waals surface area contributed by atoms with Gasteiger partial charge in [0.2, 0.25) is 0 Å². The van der Waals surface area contributed by atoms with Gasteiger partial charge in [-0.2, -0.15) is 0 Å². The molecular weight excluding hydrogens is 390 g/mol. The minimum absolute atomic E-state index is 0.275. The number of amides is 1. The Bertz CT molecular complexity index is 804. The van der Waals surface area contributed by atoms with Gasteiger partial charge < -0.3 is 19.5 Å². The summed E-state index contributed by atoms with van der Waals surface area (Å²) in [5.74, 6) is 0.450. The Morgan fingerprint density at radius 2 is 1.69 bits per heavy atom. The molecule has 6 nitrogen and oxygen atoms in total. The molecule has 0 aliphatic carbocycles. The maximum Gasteiger partial charge on any atom is 0.408 e. The molecule has 0 heterocycles. The molecule has 0 spiro atoms. The number of rotatable bonds is 8. The lowest BCUT2D eigenvalue weighted by Crippen LogP contribution is -2.45. The predicted octanol–water partition coefficient (Wildman–Crippen LogP) is 4.42. The first-order valence-corrected chi connectivity index (χ1v) is 10.2. The number of benzene rings is 2. The van der Waals surface area contributed by atoms with Crippen molar-refractivity contribution in [1.82, 2.24) is 5.32 Å². The zero-order valence-corrected chi connectivity index (χ0v) is 18.0. The molecule has 1 N–H and O–H groups in total. The first-order valence-electron chi connectivity index (χ1n) is 9.24. The van der Waals surface area contributed by atoms with Crippen molar-refractivity contribution >= 4 is 23.8 Å². The third-order valence-corrected chi connectivity index (χ3v) is 4.82. The van der Waals surface area contributed by atoms with Gasteiger partial charge in [-0.25, -0.2) is 9.59 Å². The van der Waals surface area contributed by atoms with Crippen LogP contribution in [0.4, 0.5) is 4.79 Å². The number of methoxy groups -OCH3 is 1. The van der Waals surface area contributed by atoms with E-state index in [1.54, 1.807) is 20.8 Å². The fraction of sp³-hybridized carbons (Fsp3) is 0.364. The van der Waals surface area contributed by atoms with E-state index in [0.717, 1.165) is 10.5 Å². The molecule has 0 bridgehead atoms. The number of carbonyl (C=O) groups excluding carboxylic acids is 2. The van der Waals surface area contributed by atoms with Gasteiger partial charge in [0.15, 0.2) is 0 Å². The molecule has 0 aromatic heterocycles. The first-order chi connectivity index (χ1) is 13.8. The van der Waals surface area contributed by atoms with E-state index in [-0.39, 0.29) is 5.75 Å². The van der Waals surface area contributed by atoms with E-state index in [1.165, 1.54) is 18.9 Å². The number of carbonyl (C=O) groups is 2. The highest BCUT2D eigenvalue weighted by Crippen LogP contribution is 2.30. The minimum atomic E-state index is -0.845. The van der Waals surface area contributed by atoms with Crippen molar-refractivity contribution in [2.24, 2.45) is 0 Å². The number of hydrogen-bond acceptors (Lipinski definition) is 6. The molecule has 1 atom stereocenters. The first kappa shape index (κ1) is 22.6. The van der Waals surface area contributed by atoms with E-state index in [0.29, 0.717) is 12.4 Å². The van der Waals surface area contributed by atoms with Gasteiger partial charge in [0.25, 0.3) is 0 Å². The van der Waals surface area contributed by atoms with Crippen molar-refractivity contribution in [1.29, 1.82) is 0 Å². The quantitative estimate of drug-likeness (QED) is 0.506. The van der Waals surface area contributed by atoms with Crippen LogP contribution in [0, 0.1) is 0 Å². The van der Waals surface area contributed by atoms with Crippen LogP contribution >= 0.6 is 11.8 Å². The van der Waals surface area contributed by atoms with Crippen LogP contribution in [0.2, 0.25) is 0 Å². The molecule has 7 heteroatoms. The summed E-state index contributed by atoms with van der Waals surface area (Å²) in [7, 11) is 1.29. The van der Waals surface area contributed by atoms with Crippen molar-refractivity contribution in [3.8, 4) is 5.75 Å². The number of nitrogens with one attached hydrogen (secondary N) is 1. The largest absolute Gasteiger partial charge is 0.488 e. The lowest BCUT2D eigenvalue weighted by molar-refractivity contribution is -0.142. The molecule has 0 fully saturated rings. The molecule has 2 rings (SSSR count). The topological polar surface area (TPSA) is 73.9 Å². The van der Waals surface area contributed by atoms with E-state index >= 15 is 0 Å². The smallest absolute Gasteiger partial charge is 0.408 e. The molecule has 0 aliphatic rings. The van der Waals surface area contributed by atoms with Crippen molar-refractivity contribution < 1.29 is 23.8 Å². The molecule has 0 unspecified atom stereocenters. The van der Waals surface area contributed by atoms with Gasteiger partial charge in [-0.3, -0.25) is 0 Å². The second kappa shape index (κ2) is 10.8. The Balaban J connectivity index is 2.01. The van der Waals surface area contributed by atoms with Crippen LogP contribution in [0.15, 0.2) is 59.5 Å². The van der Waals surface area contributed by atoms with Crippen LogP contribution in [0.25, 0.3) is 0 Å². The molecule has 2 aromatic rings. The molecule has 1 amide bonds. The third kappa shape index (κ3) is 8.07. The molecule has 29 heavy (non-hydrogen) atoms. The summed E-state index contributed by atoms with van der Waals surface area (Å²) in [4.78, 5) is 25.0. The summed E-state index contributed by atoms with van der Waals surface area (Å²) in [6.45, 7) is 5.72. The van der Waals surface area contributed by atoms with Gasteiger partial charge in [-0.1, -0.05) is 42.5 Å². The lowest BCUT2D eigenvalue weighted by Gasteiger charge is -2.22. The maximum atomic E-state index is 12.1. The number of para-hydroxylation sites is 1. The molecule has 0 saturated carbocycles. The van der Waals surface area contributed by atoms with Crippen LogP contribution in [0.1, 0.15) is 26.3 Å². The second-order valence-corrected chi connectivity index (χ2v) is 8.32. The van der Waals surface area contributed by atoms with Crippen molar-refractivity contribution in [2.45, 2.75) is 43.9 Å². The van der Waals surface area contributed by atoms with Crippen LogP contribution in [0.5, 0.6) is 5.75 Å². The summed E-state index contributed by atoms with van der Waals surface area (Å²) in [5, 5.41) is 2.57. The molecule has 0 radical (unpaired) electrons. The summed E-state index contributed by atoms with van der Waals surface area (Å²) < 4.78 is 16.0. The zero-order chi connectivity index (χ0) is 21.3. The van der Waals surface area contributed by atoms with Crippen LogP contribution in [-0.2, 0) is 20.9 Å². The highest BCUT2D eigenvalue weighted by atomic mass is 32.2. The van der Waals surface area contributed by atoms with Crippen LogP contribution in [0.3, 0.4) is 0 Å². The Morgan fingerprint density at radius 1 is 1.03 bits per heavy atom. The van der Waals surface area contributed by atoms with Gasteiger partial charge in [-0.05, 0) is 38.5 Å². The van der Waals surface area contributed by atoms with Crippen molar-refractivity contribution in [2.75, 3.05) is 12.9 Å². The molecule has 0 aliphatic heterocycles. The maximum absolute atomic E-state index is 12.1. The lowest BCUT2D eigenvalue weighted by atomic mass is 10.2. The number of esters is 1. The van der Waals surface area contributed by atoms with Crippen molar-refractivity contribution in [3.63, 3.8) is 0 Å². The SMILES string of the molecule is COC(=O)[C@@H](CSc1ccccc1OCc1ccccc1)NC(=O)OC(C)(C)C. The predicted molar refractivity (Wildman–Crippen MR) is 113 cm³/mol. The van der Waals surface area contributed by atoms with Crippen molar-refractivity contribution in [3.05, 3.63) is 60.2 Å². The normalized spacial score (nSPS) is 12.0. The Morgan fingerprint density at radius 3 is 2.34 bits per heavy atom. The van der Waals surface area contributed by atoms with Crippen LogP contribution < -0.4 is 10.1 Å². The van der Waals surface area contributed by atoms with E-state index in [2.05, 4.69) is 5.32 Å². The fourth-order valence-electron chi connectivity index (χ4n) is 2.36. The Labute approximate surface area is 175 Å². The number of ether oxygens (including phenoxy) is 3. The van der Waals surface area contributed by atoms with Gasteiger partial charge in [0.1, 0.15) is 24.0 Å². The Kier molecular flexibility index (Phi) is 8.39. The van der Waals surface area contributed by atoms with Gasteiger partial charge in [-0.15, -0.1) is 11.8 Å². The average Bonchev–Trinajstić information content (AvgIpc) is 2.69. The number of alkyl carbamates (subject to hydrolysis) is 1. The van der Waals surface area contributed by atoms with E-state index in [9.17, 15) is 9.59 Å². The Hall–Kier alpha value is -2.67. The van der Waals surface area contributed by atoms with E-state index in [4.69, 9.17) is 14.2 Å².